The molecule has 2 heterocycles. The monoisotopic (exact) mass is 443 g/mol. The van der Waals surface area contributed by atoms with Crippen LogP contribution in [0.2, 0.25) is 5.15 Å². The van der Waals surface area contributed by atoms with Gasteiger partial charge in [-0.1, -0.05) is 17.7 Å². The quantitative estimate of drug-likeness (QED) is 0.666. The molecular weight excluding hydrogens is 424 g/mol. The average Bonchev–Trinajstić information content (AvgIpc) is 2.70. The van der Waals surface area contributed by atoms with E-state index in [0.29, 0.717) is 18.4 Å². The van der Waals surface area contributed by atoms with Crippen molar-refractivity contribution < 1.29 is 22.0 Å². The average molecular weight is 444 g/mol. The van der Waals surface area contributed by atoms with Crippen LogP contribution in [-0.4, -0.2) is 48.7 Å². The highest BCUT2D eigenvalue weighted by molar-refractivity contribution is 7.89. The number of pyridine rings is 1. The second-order valence-corrected chi connectivity index (χ2v) is 9.18. The van der Waals surface area contributed by atoms with Crippen molar-refractivity contribution >= 4 is 27.5 Å². The number of hydrogen-bond acceptors (Lipinski definition) is 4. The van der Waals surface area contributed by atoms with Crippen LogP contribution in [0.25, 0.3) is 0 Å². The fourth-order valence-electron chi connectivity index (χ4n) is 3.35. The Hall–Kier alpha value is -2.10. The highest BCUT2D eigenvalue weighted by Gasteiger charge is 2.34. The minimum absolute atomic E-state index is 0.0538. The lowest BCUT2D eigenvalue weighted by atomic mass is 9.96. The first kappa shape index (κ1) is 21.6. The van der Waals surface area contributed by atoms with Gasteiger partial charge in [-0.05, 0) is 42.7 Å². The minimum Gasteiger partial charge on any atom is -0.341 e. The molecule has 2 aromatic rings. The van der Waals surface area contributed by atoms with Gasteiger partial charge in [-0.25, -0.2) is 22.2 Å². The second kappa shape index (κ2) is 8.73. The van der Waals surface area contributed by atoms with Crippen LogP contribution in [0.4, 0.5) is 8.78 Å². The van der Waals surface area contributed by atoms with E-state index < -0.39 is 21.7 Å². The summed E-state index contributed by atoms with van der Waals surface area (Å²) >= 11 is 5.92. The third-order valence-electron chi connectivity index (χ3n) is 4.93. The number of piperidine rings is 1. The van der Waals surface area contributed by atoms with Gasteiger partial charge >= 0.3 is 0 Å². The molecule has 0 spiro atoms. The first-order chi connectivity index (χ1) is 13.7. The lowest BCUT2D eigenvalue weighted by Gasteiger charge is -2.32. The van der Waals surface area contributed by atoms with Crippen molar-refractivity contribution in [3.8, 4) is 0 Å². The summed E-state index contributed by atoms with van der Waals surface area (Å²) < 4.78 is 53.2. The van der Waals surface area contributed by atoms with Crippen LogP contribution in [0.3, 0.4) is 0 Å². The molecule has 156 valence electrons. The van der Waals surface area contributed by atoms with Gasteiger partial charge in [0.2, 0.25) is 15.9 Å². The summed E-state index contributed by atoms with van der Waals surface area (Å²) in [6.45, 7) is 0.506. The normalized spacial score (nSPS) is 16.0. The van der Waals surface area contributed by atoms with E-state index in [4.69, 9.17) is 11.6 Å². The molecular formula is C19H20ClF2N3O3S. The van der Waals surface area contributed by atoms with Gasteiger partial charge in [0.15, 0.2) is 11.6 Å². The van der Waals surface area contributed by atoms with Crippen LogP contribution in [0.1, 0.15) is 18.4 Å². The van der Waals surface area contributed by atoms with Crippen LogP contribution in [0, 0.1) is 17.6 Å². The van der Waals surface area contributed by atoms with Crippen molar-refractivity contribution in [3.05, 3.63) is 58.9 Å². The number of benzene rings is 1. The summed E-state index contributed by atoms with van der Waals surface area (Å²) in [4.78, 5) is 17.9. The molecule has 6 nitrogen and oxygen atoms in total. The Kier molecular flexibility index (Phi) is 6.50. The molecule has 1 aliphatic rings. The van der Waals surface area contributed by atoms with Gasteiger partial charge in [-0.2, -0.15) is 4.31 Å². The van der Waals surface area contributed by atoms with E-state index in [0.717, 1.165) is 12.1 Å². The second-order valence-electron chi connectivity index (χ2n) is 6.91. The lowest BCUT2D eigenvalue weighted by Crippen LogP contribution is -2.43. The first-order valence-corrected chi connectivity index (χ1v) is 10.8. The molecule has 1 amide bonds. The highest BCUT2D eigenvalue weighted by atomic mass is 35.5. The first-order valence-electron chi connectivity index (χ1n) is 8.99. The number of amides is 1. The summed E-state index contributed by atoms with van der Waals surface area (Å²) in [6, 6.07) is 6.41. The van der Waals surface area contributed by atoms with Crippen molar-refractivity contribution in [2.24, 2.45) is 5.92 Å². The predicted octanol–water partition coefficient (Wildman–Crippen LogP) is 3.07. The largest absolute Gasteiger partial charge is 0.341 e. The predicted molar refractivity (Wildman–Crippen MR) is 104 cm³/mol. The smallest absolute Gasteiger partial charge is 0.246 e. The molecule has 0 aliphatic carbocycles. The molecule has 1 fully saturated rings. The van der Waals surface area contributed by atoms with Gasteiger partial charge in [-0.15, -0.1) is 0 Å². The Morgan fingerprint density at radius 2 is 1.93 bits per heavy atom. The van der Waals surface area contributed by atoms with Gasteiger partial charge in [0.25, 0.3) is 0 Å². The topological polar surface area (TPSA) is 70.6 Å². The molecule has 29 heavy (non-hydrogen) atoms. The van der Waals surface area contributed by atoms with E-state index in [1.165, 1.54) is 33.6 Å². The Labute approximate surface area is 173 Å². The van der Waals surface area contributed by atoms with Gasteiger partial charge < -0.3 is 4.90 Å². The Balaban J connectivity index is 1.61. The molecule has 0 atom stereocenters. The number of aromatic nitrogens is 1. The standard InChI is InChI=1S/C19H20ClF2N3O3S/c1-24(12-13-4-5-15(21)16(22)11-13)19(26)14-6-9-25(10-7-14)29(27,28)17-3-2-8-23-18(17)20/h2-5,8,11,14H,6-7,9-10,12H2,1H3. The van der Waals surface area contributed by atoms with Gasteiger partial charge in [0, 0.05) is 38.8 Å². The Bertz CT molecular complexity index is 1010. The van der Waals surface area contributed by atoms with E-state index in [2.05, 4.69) is 4.98 Å². The highest BCUT2D eigenvalue weighted by Crippen LogP contribution is 2.28. The van der Waals surface area contributed by atoms with E-state index in [1.54, 1.807) is 7.05 Å². The number of halogens is 3. The summed E-state index contributed by atoms with van der Waals surface area (Å²) in [7, 11) is -2.20. The molecule has 1 saturated heterocycles. The van der Waals surface area contributed by atoms with Crippen LogP contribution in [-0.2, 0) is 21.4 Å². The zero-order chi connectivity index (χ0) is 21.2. The fraction of sp³-hybridized carbons (Fsp3) is 0.368. The third kappa shape index (κ3) is 4.73. The van der Waals surface area contributed by atoms with E-state index in [1.807, 2.05) is 0 Å². The number of hydrogen-bond donors (Lipinski definition) is 0. The van der Waals surface area contributed by atoms with Crippen LogP contribution >= 0.6 is 11.6 Å². The number of rotatable bonds is 5. The van der Waals surface area contributed by atoms with E-state index >= 15 is 0 Å². The number of carbonyl (C=O) groups excluding carboxylic acids is 1. The molecule has 3 rings (SSSR count). The van der Waals surface area contributed by atoms with Crippen molar-refractivity contribution in [1.29, 1.82) is 0 Å². The van der Waals surface area contributed by atoms with Crippen LogP contribution in [0.15, 0.2) is 41.4 Å². The molecule has 1 aliphatic heterocycles. The molecule has 10 heteroatoms. The number of nitrogens with zero attached hydrogens (tertiary/aromatic N) is 3. The maximum Gasteiger partial charge on any atom is 0.246 e. The fourth-order valence-corrected chi connectivity index (χ4v) is 5.24. The van der Waals surface area contributed by atoms with Crippen molar-refractivity contribution in [2.45, 2.75) is 24.3 Å². The Morgan fingerprint density at radius 3 is 2.55 bits per heavy atom. The summed E-state index contributed by atoms with van der Waals surface area (Å²) in [5, 5.41) is -0.0861. The van der Waals surface area contributed by atoms with Crippen LogP contribution < -0.4 is 0 Å². The molecule has 1 aromatic heterocycles. The van der Waals surface area contributed by atoms with E-state index in [-0.39, 0.29) is 41.5 Å². The maximum atomic E-state index is 13.4. The molecule has 1 aromatic carbocycles. The summed E-state index contributed by atoms with van der Waals surface area (Å²) in [6.07, 6.45) is 2.13. The number of sulfonamides is 1. The SMILES string of the molecule is CN(Cc1ccc(F)c(F)c1)C(=O)C1CCN(S(=O)(=O)c2cccnc2Cl)CC1. The zero-order valence-corrected chi connectivity index (χ0v) is 17.3. The van der Waals surface area contributed by atoms with Crippen LogP contribution in [0.5, 0.6) is 0 Å². The van der Waals surface area contributed by atoms with Crippen molar-refractivity contribution in [3.63, 3.8) is 0 Å². The molecule has 0 unspecified atom stereocenters. The molecule has 0 radical (unpaired) electrons. The Morgan fingerprint density at radius 1 is 1.24 bits per heavy atom. The maximum absolute atomic E-state index is 13.4. The number of carbonyl (C=O) groups is 1. The van der Waals surface area contributed by atoms with Gasteiger partial charge in [-0.3, -0.25) is 4.79 Å². The van der Waals surface area contributed by atoms with Gasteiger partial charge in [0.1, 0.15) is 10.0 Å². The molecule has 0 saturated carbocycles. The molecule has 0 bridgehead atoms. The summed E-state index contributed by atoms with van der Waals surface area (Å²) in [5.41, 5.74) is 0.478. The van der Waals surface area contributed by atoms with E-state index in [9.17, 15) is 22.0 Å². The third-order valence-corrected chi connectivity index (χ3v) is 7.27. The zero-order valence-electron chi connectivity index (χ0n) is 15.7. The minimum atomic E-state index is -3.78. The van der Waals surface area contributed by atoms with Gasteiger partial charge in [0.05, 0.1) is 0 Å². The lowest BCUT2D eigenvalue weighted by molar-refractivity contribution is -0.135. The van der Waals surface area contributed by atoms with Crippen molar-refractivity contribution in [2.75, 3.05) is 20.1 Å². The summed E-state index contributed by atoms with van der Waals surface area (Å²) in [5.74, 6) is -2.41. The molecule has 0 N–H and O–H groups in total. The van der Waals surface area contributed by atoms with Crippen molar-refractivity contribution in [1.82, 2.24) is 14.2 Å².